The summed E-state index contributed by atoms with van der Waals surface area (Å²) in [5, 5.41) is 9.44. The molecule has 0 atom stereocenters. The number of ether oxygens (including phenoxy) is 1. The van der Waals surface area contributed by atoms with Crippen LogP contribution in [-0.4, -0.2) is 35.5 Å². The summed E-state index contributed by atoms with van der Waals surface area (Å²) in [6.07, 6.45) is 9.41. The highest BCUT2D eigenvalue weighted by atomic mass is 16.5. The second-order valence-corrected chi connectivity index (χ2v) is 6.92. The molecule has 5 nitrogen and oxygen atoms in total. The van der Waals surface area contributed by atoms with Gasteiger partial charge in [-0.1, -0.05) is 23.8 Å². The van der Waals surface area contributed by atoms with Gasteiger partial charge in [0.1, 0.15) is 5.75 Å². The molecule has 1 N–H and O–H groups in total. The summed E-state index contributed by atoms with van der Waals surface area (Å²) in [5.41, 5.74) is 3.41. The van der Waals surface area contributed by atoms with Crippen LogP contribution in [0.1, 0.15) is 44.6 Å². The first-order chi connectivity index (χ1) is 13.0. The monoisotopic (exact) mass is 367 g/mol. The Morgan fingerprint density at radius 1 is 1.26 bits per heavy atom. The molecule has 1 aromatic rings. The SMILES string of the molecule is COC(=O)C1=C(C)N(CCC2=CCCCC2)C(=O)/C1=C\c1ccc(O)cc1. The van der Waals surface area contributed by atoms with Crippen LogP contribution in [0.3, 0.4) is 0 Å². The van der Waals surface area contributed by atoms with Gasteiger partial charge >= 0.3 is 5.97 Å². The number of rotatable bonds is 5. The maximum absolute atomic E-state index is 13.0. The van der Waals surface area contributed by atoms with Gasteiger partial charge in [0, 0.05) is 12.2 Å². The van der Waals surface area contributed by atoms with E-state index in [0.717, 1.165) is 24.8 Å². The molecule has 0 bridgehead atoms. The van der Waals surface area contributed by atoms with Crippen LogP contribution in [0, 0.1) is 0 Å². The molecule has 0 aromatic heterocycles. The quantitative estimate of drug-likeness (QED) is 0.486. The third kappa shape index (κ3) is 4.13. The molecule has 1 aliphatic heterocycles. The zero-order valence-corrected chi connectivity index (χ0v) is 15.8. The van der Waals surface area contributed by atoms with E-state index in [1.54, 1.807) is 42.2 Å². The highest BCUT2D eigenvalue weighted by Crippen LogP contribution is 2.33. The van der Waals surface area contributed by atoms with Crippen molar-refractivity contribution in [3.05, 3.63) is 58.3 Å². The molecule has 5 heteroatoms. The van der Waals surface area contributed by atoms with E-state index in [9.17, 15) is 14.7 Å². The summed E-state index contributed by atoms with van der Waals surface area (Å²) in [4.78, 5) is 27.0. The van der Waals surface area contributed by atoms with Crippen LogP contribution in [0.25, 0.3) is 6.08 Å². The fourth-order valence-electron chi connectivity index (χ4n) is 3.62. The molecular formula is C22H25NO4. The minimum Gasteiger partial charge on any atom is -0.508 e. The van der Waals surface area contributed by atoms with Crippen LogP contribution in [-0.2, 0) is 14.3 Å². The summed E-state index contributed by atoms with van der Waals surface area (Å²) in [5.74, 6) is -0.542. The van der Waals surface area contributed by atoms with Crippen molar-refractivity contribution in [1.82, 2.24) is 4.90 Å². The predicted molar refractivity (Wildman–Crippen MR) is 104 cm³/mol. The lowest BCUT2D eigenvalue weighted by Gasteiger charge is -2.20. The number of phenolic OH excluding ortho intramolecular Hbond substituents is 1. The molecule has 0 fully saturated rings. The van der Waals surface area contributed by atoms with Crippen molar-refractivity contribution in [2.75, 3.05) is 13.7 Å². The minimum atomic E-state index is -0.509. The van der Waals surface area contributed by atoms with Crippen LogP contribution in [0.4, 0.5) is 0 Å². The topological polar surface area (TPSA) is 66.8 Å². The number of benzene rings is 1. The predicted octanol–water partition coefficient (Wildman–Crippen LogP) is 3.96. The van der Waals surface area contributed by atoms with Crippen molar-refractivity contribution in [2.24, 2.45) is 0 Å². The fraction of sp³-hybridized carbons (Fsp3) is 0.364. The van der Waals surface area contributed by atoms with Gasteiger partial charge in [0.2, 0.25) is 0 Å². The van der Waals surface area contributed by atoms with Gasteiger partial charge in [-0.05, 0) is 62.8 Å². The Bertz CT molecular complexity index is 830. The normalized spacial score (nSPS) is 18.9. The van der Waals surface area contributed by atoms with Crippen LogP contribution >= 0.6 is 0 Å². The van der Waals surface area contributed by atoms with E-state index < -0.39 is 5.97 Å². The Balaban J connectivity index is 1.88. The molecular weight excluding hydrogens is 342 g/mol. The minimum absolute atomic E-state index is 0.150. The number of phenols is 1. The van der Waals surface area contributed by atoms with Crippen molar-refractivity contribution in [3.8, 4) is 5.75 Å². The van der Waals surface area contributed by atoms with Gasteiger partial charge in [0.15, 0.2) is 0 Å². The van der Waals surface area contributed by atoms with Gasteiger partial charge in [-0.2, -0.15) is 0 Å². The fourth-order valence-corrected chi connectivity index (χ4v) is 3.62. The van der Waals surface area contributed by atoms with Crippen molar-refractivity contribution in [2.45, 2.75) is 39.0 Å². The molecule has 3 rings (SSSR count). The molecule has 1 aromatic carbocycles. The first kappa shape index (κ1) is 19.0. The van der Waals surface area contributed by atoms with Crippen LogP contribution in [0.5, 0.6) is 5.75 Å². The lowest BCUT2D eigenvalue weighted by atomic mass is 9.97. The summed E-state index contributed by atoms with van der Waals surface area (Å²) in [6.45, 7) is 2.35. The average Bonchev–Trinajstić information content (AvgIpc) is 2.92. The number of aromatic hydroxyl groups is 1. The Hall–Kier alpha value is -2.82. The molecule has 0 unspecified atom stereocenters. The third-order valence-corrected chi connectivity index (χ3v) is 5.15. The molecule has 1 aliphatic carbocycles. The van der Waals surface area contributed by atoms with Gasteiger partial charge < -0.3 is 14.7 Å². The molecule has 27 heavy (non-hydrogen) atoms. The van der Waals surface area contributed by atoms with E-state index in [4.69, 9.17) is 4.74 Å². The Kier molecular flexibility index (Phi) is 5.79. The maximum atomic E-state index is 13.0. The second-order valence-electron chi connectivity index (χ2n) is 6.92. The number of nitrogens with zero attached hydrogens (tertiary/aromatic N) is 1. The highest BCUT2D eigenvalue weighted by Gasteiger charge is 2.36. The van der Waals surface area contributed by atoms with E-state index in [1.165, 1.54) is 25.5 Å². The maximum Gasteiger partial charge on any atom is 0.340 e. The Labute approximate surface area is 159 Å². The first-order valence-corrected chi connectivity index (χ1v) is 9.31. The molecule has 0 radical (unpaired) electrons. The van der Waals surface area contributed by atoms with Gasteiger partial charge in [0.05, 0.1) is 18.3 Å². The molecule has 142 valence electrons. The van der Waals surface area contributed by atoms with Gasteiger partial charge in [-0.15, -0.1) is 0 Å². The molecule has 1 amide bonds. The molecule has 0 saturated carbocycles. The zero-order valence-electron chi connectivity index (χ0n) is 15.8. The van der Waals surface area contributed by atoms with Crippen LogP contribution < -0.4 is 0 Å². The van der Waals surface area contributed by atoms with E-state index in [1.807, 2.05) is 0 Å². The number of hydrogen-bond donors (Lipinski definition) is 1. The molecule has 0 spiro atoms. The highest BCUT2D eigenvalue weighted by molar-refractivity contribution is 6.16. The first-order valence-electron chi connectivity index (χ1n) is 9.31. The van der Waals surface area contributed by atoms with Crippen molar-refractivity contribution >= 4 is 18.0 Å². The lowest BCUT2D eigenvalue weighted by Crippen LogP contribution is -2.26. The molecule has 1 heterocycles. The number of amides is 1. The zero-order chi connectivity index (χ0) is 19.4. The molecule has 2 aliphatic rings. The standard InChI is InChI=1S/C22H25NO4/c1-15-20(22(26)27-2)19(14-17-8-10-18(24)11-9-17)21(25)23(15)13-12-16-6-4-3-5-7-16/h6,8-11,14,24H,3-5,7,12-13H2,1-2H3/b19-14-. The number of carbonyl (C=O) groups is 2. The van der Waals surface area contributed by atoms with Gasteiger partial charge in [0.25, 0.3) is 5.91 Å². The Morgan fingerprint density at radius 3 is 2.63 bits per heavy atom. The third-order valence-electron chi connectivity index (χ3n) is 5.15. The lowest BCUT2D eigenvalue weighted by molar-refractivity contribution is -0.136. The van der Waals surface area contributed by atoms with Gasteiger partial charge in [-0.3, -0.25) is 4.79 Å². The number of esters is 1. The summed E-state index contributed by atoms with van der Waals surface area (Å²) in [7, 11) is 1.32. The number of carbonyl (C=O) groups excluding carboxylic acids is 2. The smallest absolute Gasteiger partial charge is 0.340 e. The summed E-state index contributed by atoms with van der Waals surface area (Å²) in [6, 6.07) is 6.51. The van der Waals surface area contributed by atoms with E-state index >= 15 is 0 Å². The number of hydrogen-bond acceptors (Lipinski definition) is 4. The molecule has 0 saturated heterocycles. The van der Waals surface area contributed by atoms with E-state index in [0.29, 0.717) is 23.4 Å². The van der Waals surface area contributed by atoms with Crippen molar-refractivity contribution < 1.29 is 19.4 Å². The van der Waals surface area contributed by atoms with Crippen molar-refractivity contribution in [1.29, 1.82) is 0 Å². The van der Waals surface area contributed by atoms with E-state index in [-0.39, 0.29) is 11.7 Å². The summed E-state index contributed by atoms with van der Waals surface area (Å²) >= 11 is 0. The largest absolute Gasteiger partial charge is 0.508 e. The van der Waals surface area contributed by atoms with E-state index in [2.05, 4.69) is 6.08 Å². The van der Waals surface area contributed by atoms with Crippen LogP contribution in [0.15, 0.2) is 52.8 Å². The number of allylic oxidation sites excluding steroid dienone is 2. The average molecular weight is 367 g/mol. The van der Waals surface area contributed by atoms with Gasteiger partial charge in [-0.25, -0.2) is 4.79 Å². The van der Waals surface area contributed by atoms with Crippen molar-refractivity contribution in [3.63, 3.8) is 0 Å². The van der Waals surface area contributed by atoms with Crippen LogP contribution in [0.2, 0.25) is 0 Å². The Morgan fingerprint density at radius 2 is 2.00 bits per heavy atom. The summed E-state index contributed by atoms with van der Waals surface area (Å²) < 4.78 is 4.91. The number of methoxy groups -OCH3 is 1. The second kappa shape index (κ2) is 8.25.